The third-order valence-corrected chi connectivity index (χ3v) is 11.3. The SMILES string of the molecule is C=C(C)C(CC(C)C(C)(C)C(CC(C)(C)C(C)(C)C(CC(C)(C)C)C(=C)N1CCCCC1)C(=C)C)C(C)(C)C. The van der Waals surface area contributed by atoms with Gasteiger partial charge in [0.15, 0.2) is 0 Å². The molecule has 0 bridgehead atoms. The Morgan fingerprint density at radius 1 is 0.667 bits per heavy atom. The Morgan fingerprint density at radius 2 is 1.13 bits per heavy atom. The van der Waals surface area contributed by atoms with E-state index in [1.54, 1.807) is 0 Å². The summed E-state index contributed by atoms with van der Waals surface area (Å²) in [7, 11) is 0. The molecule has 1 rings (SSSR count). The molecule has 0 N–H and O–H groups in total. The predicted molar refractivity (Wildman–Crippen MR) is 178 cm³/mol. The summed E-state index contributed by atoms with van der Waals surface area (Å²) in [5, 5.41) is 0. The standard InChI is InChI=1S/C38H71N/c1-27(2)31(35(10,11)12)24-29(5)37(15,16)32(28(3)4)26-36(13,14)38(17,18)33(25-34(7,8)9)30(6)39-22-20-19-21-23-39/h29,31-33H,1,3,6,19-26H2,2,4-5,7-18H3. The molecule has 0 aromatic rings. The van der Waals surface area contributed by atoms with Crippen LogP contribution in [0.25, 0.3) is 0 Å². The van der Waals surface area contributed by atoms with Crippen molar-refractivity contribution < 1.29 is 0 Å². The van der Waals surface area contributed by atoms with E-state index in [9.17, 15) is 0 Å². The fourth-order valence-corrected chi connectivity index (χ4v) is 7.42. The van der Waals surface area contributed by atoms with Crippen molar-refractivity contribution in [1.29, 1.82) is 0 Å². The van der Waals surface area contributed by atoms with Crippen LogP contribution in [0.1, 0.15) is 142 Å². The Balaban J connectivity index is 3.40. The number of rotatable bonds is 13. The minimum absolute atomic E-state index is 0.0908. The smallest absolute Gasteiger partial charge is 0.0174 e. The fourth-order valence-electron chi connectivity index (χ4n) is 7.42. The summed E-state index contributed by atoms with van der Waals surface area (Å²) in [6, 6.07) is 0. The van der Waals surface area contributed by atoms with Crippen LogP contribution in [0.2, 0.25) is 0 Å². The van der Waals surface area contributed by atoms with Crippen LogP contribution in [0.3, 0.4) is 0 Å². The second-order valence-electron chi connectivity index (χ2n) is 17.8. The zero-order chi connectivity index (χ0) is 30.8. The van der Waals surface area contributed by atoms with Gasteiger partial charge < -0.3 is 4.90 Å². The second-order valence-corrected chi connectivity index (χ2v) is 17.8. The van der Waals surface area contributed by atoms with Crippen LogP contribution in [-0.4, -0.2) is 18.0 Å². The first-order valence-electron chi connectivity index (χ1n) is 16.1. The van der Waals surface area contributed by atoms with E-state index in [0.717, 1.165) is 6.42 Å². The van der Waals surface area contributed by atoms with Crippen molar-refractivity contribution in [3.8, 4) is 0 Å². The van der Waals surface area contributed by atoms with Gasteiger partial charge in [-0.15, -0.1) is 0 Å². The van der Waals surface area contributed by atoms with Crippen LogP contribution in [-0.2, 0) is 0 Å². The second kappa shape index (κ2) is 12.9. The van der Waals surface area contributed by atoms with E-state index in [4.69, 9.17) is 6.58 Å². The summed E-state index contributed by atoms with van der Waals surface area (Å²) >= 11 is 0. The fraction of sp³-hybridized carbons (Fsp3) is 0.842. The first-order valence-corrected chi connectivity index (χ1v) is 16.1. The summed E-state index contributed by atoms with van der Waals surface area (Å²) < 4.78 is 0. The lowest BCUT2D eigenvalue weighted by Crippen LogP contribution is -2.47. The molecule has 1 saturated heterocycles. The van der Waals surface area contributed by atoms with Gasteiger partial charge in [-0.05, 0) is 97.2 Å². The van der Waals surface area contributed by atoms with Crippen LogP contribution in [0.5, 0.6) is 0 Å². The molecule has 1 heterocycles. The van der Waals surface area contributed by atoms with Gasteiger partial charge in [0, 0.05) is 24.7 Å². The molecule has 0 aromatic heterocycles. The van der Waals surface area contributed by atoms with Crippen molar-refractivity contribution in [2.24, 2.45) is 50.7 Å². The summed E-state index contributed by atoms with van der Waals surface area (Å²) in [6.07, 6.45) is 7.45. The van der Waals surface area contributed by atoms with Crippen LogP contribution in [0.15, 0.2) is 36.6 Å². The molecule has 39 heavy (non-hydrogen) atoms. The number of allylic oxidation sites excluding steroid dienone is 3. The Kier molecular flexibility index (Phi) is 11.9. The minimum Gasteiger partial charge on any atom is -0.375 e. The van der Waals surface area contributed by atoms with Gasteiger partial charge in [-0.2, -0.15) is 0 Å². The Hall–Kier alpha value is -0.980. The van der Waals surface area contributed by atoms with Crippen LogP contribution in [0, 0.1) is 50.7 Å². The van der Waals surface area contributed by atoms with Gasteiger partial charge in [0.05, 0.1) is 0 Å². The maximum Gasteiger partial charge on any atom is 0.0174 e. The van der Waals surface area contributed by atoms with Crippen molar-refractivity contribution in [3.05, 3.63) is 36.6 Å². The van der Waals surface area contributed by atoms with E-state index in [1.165, 1.54) is 62.0 Å². The molecule has 0 radical (unpaired) electrons. The zero-order valence-corrected chi connectivity index (χ0v) is 29.5. The van der Waals surface area contributed by atoms with Gasteiger partial charge in [-0.1, -0.05) is 121 Å². The quantitative estimate of drug-likeness (QED) is 0.210. The maximum atomic E-state index is 4.81. The highest BCUT2D eigenvalue weighted by Gasteiger charge is 2.49. The molecule has 1 heteroatoms. The normalized spacial score (nSPS) is 19.3. The first-order chi connectivity index (χ1) is 17.4. The van der Waals surface area contributed by atoms with Crippen molar-refractivity contribution in [1.82, 2.24) is 4.90 Å². The lowest BCUT2D eigenvalue weighted by molar-refractivity contribution is -0.0162. The van der Waals surface area contributed by atoms with Crippen LogP contribution in [0.4, 0.5) is 0 Å². The summed E-state index contributed by atoms with van der Waals surface area (Å²) in [5.41, 5.74) is 4.86. The third kappa shape index (κ3) is 9.26. The Morgan fingerprint density at radius 3 is 1.51 bits per heavy atom. The first kappa shape index (κ1) is 36.0. The van der Waals surface area contributed by atoms with E-state index < -0.39 is 0 Å². The Bertz CT molecular complexity index is 831. The van der Waals surface area contributed by atoms with Crippen molar-refractivity contribution in [2.75, 3.05) is 13.1 Å². The number of nitrogens with zero attached hydrogens (tertiary/aromatic N) is 1. The van der Waals surface area contributed by atoms with E-state index in [1.807, 2.05) is 0 Å². The number of hydrogen-bond donors (Lipinski definition) is 0. The van der Waals surface area contributed by atoms with E-state index in [0.29, 0.717) is 23.7 Å². The molecule has 0 amide bonds. The molecule has 0 aliphatic carbocycles. The van der Waals surface area contributed by atoms with Crippen molar-refractivity contribution in [3.63, 3.8) is 0 Å². The molecule has 0 aromatic carbocycles. The van der Waals surface area contributed by atoms with Gasteiger partial charge >= 0.3 is 0 Å². The lowest BCUT2D eigenvalue weighted by Gasteiger charge is -2.54. The number of piperidine rings is 1. The average Bonchev–Trinajstić information content (AvgIpc) is 2.77. The van der Waals surface area contributed by atoms with E-state index in [2.05, 4.69) is 122 Å². The van der Waals surface area contributed by atoms with Gasteiger partial charge in [0.2, 0.25) is 0 Å². The lowest BCUT2D eigenvalue weighted by atomic mass is 9.52. The van der Waals surface area contributed by atoms with Gasteiger partial charge in [0.25, 0.3) is 0 Å². The highest BCUT2D eigenvalue weighted by molar-refractivity contribution is 5.13. The monoisotopic (exact) mass is 542 g/mol. The molecular weight excluding hydrogens is 470 g/mol. The van der Waals surface area contributed by atoms with E-state index in [-0.39, 0.29) is 27.1 Å². The summed E-state index contributed by atoms with van der Waals surface area (Å²) in [5.74, 6) is 1.98. The summed E-state index contributed by atoms with van der Waals surface area (Å²) in [6.45, 7) is 52.7. The van der Waals surface area contributed by atoms with Gasteiger partial charge in [0.1, 0.15) is 0 Å². The van der Waals surface area contributed by atoms with Gasteiger partial charge in [-0.3, -0.25) is 0 Å². The van der Waals surface area contributed by atoms with Crippen LogP contribution < -0.4 is 0 Å². The maximum absolute atomic E-state index is 4.81. The highest BCUT2D eigenvalue weighted by Crippen LogP contribution is 2.57. The molecule has 1 fully saturated rings. The third-order valence-electron chi connectivity index (χ3n) is 11.3. The molecule has 4 atom stereocenters. The van der Waals surface area contributed by atoms with Crippen molar-refractivity contribution >= 4 is 0 Å². The Labute approximate surface area is 247 Å². The van der Waals surface area contributed by atoms with Crippen molar-refractivity contribution in [2.45, 2.75) is 142 Å². The number of likely N-dealkylation sites (tertiary alicyclic amines) is 1. The zero-order valence-electron chi connectivity index (χ0n) is 29.5. The van der Waals surface area contributed by atoms with E-state index >= 15 is 0 Å². The predicted octanol–water partition coefficient (Wildman–Crippen LogP) is 12.0. The molecule has 1 aliphatic heterocycles. The minimum atomic E-state index is 0.0908. The van der Waals surface area contributed by atoms with Gasteiger partial charge in [-0.25, -0.2) is 0 Å². The summed E-state index contributed by atoms with van der Waals surface area (Å²) in [4.78, 5) is 2.63. The largest absolute Gasteiger partial charge is 0.375 e. The molecule has 4 unspecified atom stereocenters. The molecule has 1 nitrogen and oxygen atoms in total. The molecule has 0 spiro atoms. The molecule has 0 saturated carbocycles. The molecule has 1 aliphatic rings. The molecular formula is C38H71N. The van der Waals surface area contributed by atoms with Crippen LogP contribution >= 0.6 is 0 Å². The number of hydrogen-bond acceptors (Lipinski definition) is 1. The highest BCUT2D eigenvalue weighted by atomic mass is 15.1. The topological polar surface area (TPSA) is 3.24 Å². The molecule has 228 valence electrons. The average molecular weight is 542 g/mol.